The summed E-state index contributed by atoms with van der Waals surface area (Å²) < 4.78 is 10.6. The lowest BCUT2D eigenvalue weighted by molar-refractivity contribution is -0.130. The Morgan fingerprint density at radius 1 is 1.50 bits per heavy atom. The van der Waals surface area contributed by atoms with Gasteiger partial charge < -0.3 is 13.9 Å². The molecule has 96 valence electrons. The zero-order valence-electron chi connectivity index (χ0n) is 9.48. The predicted octanol–water partition coefficient (Wildman–Crippen LogP) is 2.04. The van der Waals surface area contributed by atoms with Gasteiger partial charge in [0, 0.05) is 44.4 Å². The van der Waals surface area contributed by atoms with Gasteiger partial charge in [-0.25, -0.2) is 0 Å². The van der Waals surface area contributed by atoms with Gasteiger partial charge in [0.15, 0.2) is 0 Å². The van der Waals surface area contributed by atoms with Crippen LogP contribution in [0.4, 0.5) is 0 Å². The number of halogens is 1. The fraction of sp³-hybridized carbons (Fsp3) is 0.875. The van der Waals surface area contributed by atoms with Gasteiger partial charge in [0.25, 0.3) is 0 Å². The molecular formula is C8H19ClNO3P3. The molecule has 0 bridgehead atoms. The maximum atomic E-state index is 11.5. The number of hydrogen-bond donors (Lipinski definition) is 0. The molecule has 4 nitrogen and oxygen atoms in total. The first-order valence-corrected chi connectivity index (χ1v) is 8.50. The molecule has 0 rings (SSSR count). The van der Waals surface area contributed by atoms with Crippen molar-refractivity contribution in [3.05, 3.63) is 0 Å². The Bertz CT molecular complexity index is 205. The van der Waals surface area contributed by atoms with Gasteiger partial charge in [-0.1, -0.05) is 8.93 Å². The maximum Gasteiger partial charge on any atom is 0.224 e. The number of amides is 1. The Morgan fingerprint density at radius 2 is 2.12 bits per heavy atom. The maximum absolute atomic E-state index is 11.5. The number of alkyl halides is 1. The Morgan fingerprint density at radius 3 is 2.50 bits per heavy atom. The van der Waals surface area contributed by atoms with Gasteiger partial charge in [0.05, 0.1) is 18.6 Å². The monoisotopic (exact) mass is 305 g/mol. The van der Waals surface area contributed by atoms with Crippen LogP contribution in [0.1, 0.15) is 12.8 Å². The SMILES string of the molecule is CN(C)C(=O)C[C@@H](C[C@@H](CCl)OP)OPP. The second kappa shape index (κ2) is 9.95. The van der Waals surface area contributed by atoms with E-state index in [0.29, 0.717) is 18.7 Å². The highest BCUT2D eigenvalue weighted by Crippen LogP contribution is 2.28. The summed E-state index contributed by atoms with van der Waals surface area (Å²) in [5.74, 6) is 0.435. The fourth-order valence-electron chi connectivity index (χ4n) is 1.09. The molecule has 0 fully saturated rings. The van der Waals surface area contributed by atoms with E-state index in [9.17, 15) is 4.79 Å². The Balaban J connectivity index is 4.20. The first kappa shape index (κ1) is 17.0. The first-order valence-electron chi connectivity index (χ1n) is 4.78. The summed E-state index contributed by atoms with van der Waals surface area (Å²) >= 11 is 5.72. The minimum absolute atomic E-state index is 0.0466. The van der Waals surface area contributed by atoms with E-state index in [1.165, 1.54) is 0 Å². The summed E-state index contributed by atoms with van der Waals surface area (Å²) in [5.41, 5.74) is 0. The zero-order valence-corrected chi connectivity index (χ0v) is 13.5. The van der Waals surface area contributed by atoms with E-state index >= 15 is 0 Å². The van der Waals surface area contributed by atoms with E-state index in [1.807, 2.05) is 0 Å². The molecular weight excluding hydrogens is 286 g/mol. The summed E-state index contributed by atoms with van der Waals surface area (Å²) in [6.07, 6.45) is 0.729. The molecule has 0 radical (unpaired) electrons. The molecule has 0 aliphatic carbocycles. The number of hydrogen-bond acceptors (Lipinski definition) is 3. The van der Waals surface area contributed by atoms with Crippen LogP contribution in [0.5, 0.6) is 0 Å². The van der Waals surface area contributed by atoms with Crippen LogP contribution in [0.2, 0.25) is 0 Å². The van der Waals surface area contributed by atoms with Gasteiger partial charge in [0.1, 0.15) is 0 Å². The fourth-order valence-corrected chi connectivity index (χ4v) is 2.57. The van der Waals surface area contributed by atoms with E-state index in [1.54, 1.807) is 19.0 Å². The summed E-state index contributed by atoms with van der Waals surface area (Å²) in [4.78, 5) is 13.1. The van der Waals surface area contributed by atoms with Crippen LogP contribution < -0.4 is 0 Å². The standard InChI is InChI=1S/C8H19ClNO3P3/c1-10(2)8(11)4-6(13-16-15)3-7(5-9)12-14/h6-7,16H,3-5,14-15H2,1-2H3/t6-,7+/m1/s1. The van der Waals surface area contributed by atoms with Crippen molar-refractivity contribution in [2.24, 2.45) is 0 Å². The smallest absolute Gasteiger partial charge is 0.224 e. The van der Waals surface area contributed by atoms with Crippen molar-refractivity contribution < 1.29 is 13.8 Å². The van der Waals surface area contributed by atoms with Gasteiger partial charge in [-0.15, -0.1) is 11.6 Å². The van der Waals surface area contributed by atoms with Crippen LogP contribution >= 0.6 is 38.5 Å². The van der Waals surface area contributed by atoms with E-state index in [-0.39, 0.29) is 26.6 Å². The van der Waals surface area contributed by atoms with Crippen LogP contribution in [0, 0.1) is 0 Å². The van der Waals surface area contributed by atoms with Crippen molar-refractivity contribution >= 4 is 44.4 Å². The minimum atomic E-state index is -0.143. The molecule has 3 unspecified atom stereocenters. The average Bonchev–Trinajstić information content (AvgIpc) is 2.25. The molecule has 0 aromatic heterocycles. The van der Waals surface area contributed by atoms with E-state index in [4.69, 9.17) is 20.6 Å². The van der Waals surface area contributed by atoms with Crippen LogP contribution in [0.15, 0.2) is 0 Å². The normalized spacial score (nSPS) is 15.3. The second-order valence-electron chi connectivity index (χ2n) is 3.50. The molecule has 5 atom stereocenters. The van der Waals surface area contributed by atoms with E-state index in [2.05, 4.69) is 18.4 Å². The predicted molar refractivity (Wildman–Crippen MR) is 76.1 cm³/mol. The molecule has 8 heteroatoms. The van der Waals surface area contributed by atoms with Crippen molar-refractivity contribution in [1.82, 2.24) is 4.90 Å². The number of carbonyl (C=O) groups is 1. The molecule has 0 spiro atoms. The molecule has 0 N–H and O–H groups in total. The minimum Gasteiger partial charge on any atom is -0.361 e. The van der Waals surface area contributed by atoms with Gasteiger partial charge in [-0.3, -0.25) is 4.79 Å². The molecule has 0 heterocycles. The van der Waals surface area contributed by atoms with Crippen molar-refractivity contribution in [3.8, 4) is 0 Å². The Labute approximate surface area is 108 Å². The van der Waals surface area contributed by atoms with Crippen molar-refractivity contribution in [1.29, 1.82) is 0 Å². The molecule has 1 amide bonds. The molecule has 0 aliphatic heterocycles. The highest BCUT2D eigenvalue weighted by atomic mass is 35.5. The summed E-state index contributed by atoms with van der Waals surface area (Å²) in [7, 11) is 8.43. The van der Waals surface area contributed by atoms with E-state index in [0.717, 1.165) is 0 Å². The molecule has 0 saturated carbocycles. The second-order valence-corrected chi connectivity index (χ2v) is 5.26. The van der Waals surface area contributed by atoms with E-state index < -0.39 is 0 Å². The third-order valence-electron chi connectivity index (χ3n) is 2.03. The number of nitrogens with zero attached hydrogens (tertiary/aromatic N) is 1. The Kier molecular flexibility index (Phi) is 10.5. The third-order valence-corrected chi connectivity index (χ3v) is 3.63. The highest BCUT2D eigenvalue weighted by molar-refractivity contribution is 8.00. The first-order chi connectivity index (χ1) is 7.54. The van der Waals surface area contributed by atoms with Crippen molar-refractivity contribution in [2.45, 2.75) is 25.0 Å². The van der Waals surface area contributed by atoms with Gasteiger partial charge in [0.2, 0.25) is 5.91 Å². The topological polar surface area (TPSA) is 38.8 Å². The lowest BCUT2D eigenvalue weighted by atomic mass is 10.1. The van der Waals surface area contributed by atoms with Crippen molar-refractivity contribution in [3.63, 3.8) is 0 Å². The highest BCUT2D eigenvalue weighted by Gasteiger charge is 2.20. The van der Waals surface area contributed by atoms with Crippen molar-refractivity contribution in [2.75, 3.05) is 20.0 Å². The molecule has 0 aliphatic rings. The van der Waals surface area contributed by atoms with Crippen LogP contribution in [-0.2, 0) is 13.8 Å². The van der Waals surface area contributed by atoms with Crippen LogP contribution in [-0.4, -0.2) is 43.0 Å². The molecule has 16 heavy (non-hydrogen) atoms. The Hall–Kier alpha value is 0.970. The number of carbonyl (C=O) groups excluding carboxylic acids is 1. The van der Waals surface area contributed by atoms with Crippen LogP contribution in [0.3, 0.4) is 0 Å². The van der Waals surface area contributed by atoms with Gasteiger partial charge in [-0.2, -0.15) is 0 Å². The van der Waals surface area contributed by atoms with Gasteiger partial charge >= 0.3 is 0 Å². The number of rotatable bonds is 8. The lowest BCUT2D eigenvalue weighted by Crippen LogP contribution is -2.29. The largest absolute Gasteiger partial charge is 0.361 e. The molecule has 0 saturated heterocycles. The molecule has 0 aromatic rings. The summed E-state index contributed by atoms with van der Waals surface area (Å²) in [6, 6.07) is 0. The summed E-state index contributed by atoms with van der Waals surface area (Å²) in [5, 5.41) is 0. The molecule has 0 aromatic carbocycles. The van der Waals surface area contributed by atoms with Gasteiger partial charge in [-0.05, 0) is 0 Å². The quantitative estimate of drug-likeness (QED) is 0.509. The van der Waals surface area contributed by atoms with Crippen LogP contribution in [0.25, 0.3) is 0 Å². The average molecular weight is 306 g/mol. The lowest BCUT2D eigenvalue weighted by Gasteiger charge is -2.22. The summed E-state index contributed by atoms with van der Waals surface area (Å²) in [6.45, 7) is 0. The third kappa shape index (κ3) is 7.33. The zero-order chi connectivity index (χ0) is 12.6.